The van der Waals surface area contributed by atoms with Crippen molar-refractivity contribution in [1.82, 2.24) is 29.7 Å². The van der Waals surface area contributed by atoms with Crippen LogP contribution in [0.4, 0.5) is 5.82 Å². The van der Waals surface area contributed by atoms with Crippen molar-refractivity contribution in [3.8, 4) is 0 Å². The summed E-state index contributed by atoms with van der Waals surface area (Å²) in [6, 6.07) is 6.90. The second-order valence-electron chi connectivity index (χ2n) is 9.77. The van der Waals surface area contributed by atoms with E-state index in [0.717, 1.165) is 5.56 Å². The van der Waals surface area contributed by atoms with Gasteiger partial charge in [-0.05, 0) is 59.2 Å². The highest BCUT2D eigenvalue weighted by Gasteiger charge is 2.39. The first kappa shape index (κ1) is 29.0. The number of hydrogen-bond donors (Lipinski definition) is 3. The maximum absolute atomic E-state index is 14.2. The molecule has 4 N–H and O–H groups in total. The van der Waals surface area contributed by atoms with Crippen molar-refractivity contribution < 1.29 is 18.8 Å². The van der Waals surface area contributed by atoms with Crippen LogP contribution in [-0.2, 0) is 25.4 Å². The quantitative estimate of drug-likeness (QED) is 0.220. The van der Waals surface area contributed by atoms with E-state index in [4.69, 9.17) is 26.8 Å². The van der Waals surface area contributed by atoms with E-state index in [9.17, 15) is 9.36 Å². The van der Waals surface area contributed by atoms with E-state index in [1.807, 2.05) is 26.0 Å². The Morgan fingerprint density at radius 1 is 1.16 bits per heavy atom. The lowest BCUT2D eigenvalue weighted by atomic mass is 10.1. The number of nitrogens with two attached hydrogens (primary N) is 1. The lowest BCUT2D eigenvalue weighted by Crippen LogP contribution is -2.49. The van der Waals surface area contributed by atoms with Crippen molar-refractivity contribution >= 4 is 42.0 Å². The number of benzene rings is 1. The Bertz CT molecular complexity index is 1270. The molecule has 0 fully saturated rings. The molecule has 0 bridgehead atoms. The van der Waals surface area contributed by atoms with Crippen LogP contribution >= 0.6 is 19.0 Å². The van der Waals surface area contributed by atoms with Crippen LogP contribution in [0.3, 0.4) is 0 Å². The molecule has 13 heteroatoms. The number of esters is 1. The Labute approximate surface area is 222 Å². The summed E-state index contributed by atoms with van der Waals surface area (Å²) in [7, 11) is -3.50. The van der Waals surface area contributed by atoms with Crippen molar-refractivity contribution in [2.45, 2.75) is 71.9 Å². The van der Waals surface area contributed by atoms with Gasteiger partial charge in [0.1, 0.15) is 23.7 Å². The van der Waals surface area contributed by atoms with Gasteiger partial charge in [-0.1, -0.05) is 23.7 Å². The summed E-state index contributed by atoms with van der Waals surface area (Å²) in [4.78, 5) is 25.2. The number of ether oxygens (including phenoxy) is 2. The third kappa shape index (κ3) is 7.72. The molecule has 2 unspecified atom stereocenters. The van der Waals surface area contributed by atoms with E-state index in [2.05, 4.69) is 25.1 Å². The Kier molecular flexibility index (Phi) is 9.31. The smallest absolute Gasteiger partial charge is 0.326 e. The zero-order valence-corrected chi connectivity index (χ0v) is 23.6. The average Bonchev–Trinajstić information content (AvgIpc) is 3.21. The van der Waals surface area contributed by atoms with Crippen LogP contribution in [0.5, 0.6) is 0 Å². The van der Waals surface area contributed by atoms with Gasteiger partial charge in [0.05, 0.1) is 25.1 Å². The highest BCUT2D eigenvalue weighted by molar-refractivity contribution is 7.59. The fraction of sp³-hybridized carbons (Fsp3) is 0.500. The first-order valence-electron chi connectivity index (χ1n) is 12.0. The summed E-state index contributed by atoms with van der Waals surface area (Å²) >= 11 is 6.02. The average molecular weight is 552 g/mol. The van der Waals surface area contributed by atoms with Gasteiger partial charge in [-0.2, -0.15) is 0 Å². The number of nitrogens with zero attached hydrogens (tertiary/aromatic N) is 4. The first-order chi connectivity index (χ1) is 17.3. The van der Waals surface area contributed by atoms with E-state index >= 15 is 0 Å². The van der Waals surface area contributed by atoms with Crippen molar-refractivity contribution in [2.75, 3.05) is 12.1 Å². The molecular weight excluding hydrogens is 517 g/mol. The molecule has 3 rings (SSSR count). The molecule has 0 saturated heterocycles. The number of nitrogens with one attached hydrogen (secondary N) is 2. The van der Waals surface area contributed by atoms with Gasteiger partial charge < -0.3 is 19.8 Å². The summed E-state index contributed by atoms with van der Waals surface area (Å²) in [6.07, 6.45) is 2.11. The molecule has 37 heavy (non-hydrogen) atoms. The number of fused-ring (bicyclic) bond motifs is 1. The molecule has 0 spiro atoms. The largest absolute Gasteiger partial charge is 0.462 e. The molecule has 0 amide bonds. The maximum atomic E-state index is 14.2. The maximum Gasteiger partial charge on any atom is 0.326 e. The molecule has 0 saturated carbocycles. The molecular formula is C24H35ClN7O4P. The van der Waals surface area contributed by atoms with E-state index < -0.39 is 19.0 Å². The second-order valence-corrected chi connectivity index (χ2v) is 12.4. The van der Waals surface area contributed by atoms with Crippen LogP contribution in [0, 0.1) is 0 Å². The van der Waals surface area contributed by atoms with Gasteiger partial charge in [-0.15, -0.1) is 0 Å². The van der Waals surface area contributed by atoms with Crippen molar-refractivity contribution in [1.29, 1.82) is 0 Å². The summed E-state index contributed by atoms with van der Waals surface area (Å²) in [5, 5.41) is 6.76. The molecule has 11 nitrogen and oxygen atoms in total. The van der Waals surface area contributed by atoms with E-state index in [0.29, 0.717) is 28.5 Å². The van der Waals surface area contributed by atoms with Gasteiger partial charge in [-0.25, -0.2) is 25.1 Å². The number of halogens is 1. The Hall–Kier alpha value is -2.56. The van der Waals surface area contributed by atoms with E-state index in [1.165, 1.54) is 6.33 Å². The summed E-state index contributed by atoms with van der Waals surface area (Å²) in [6.45, 7) is 10.9. The van der Waals surface area contributed by atoms with Crippen LogP contribution in [0.1, 0.15) is 53.1 Å². The lowest BCUT2D eigenvalue weighted by Gasteiger charge is -2.33. The van der Waals surface area contributed by atoms with Crippen LogP contribution in [0.25, 0.3) is 11.2 Å². The molecule has 0 radical (unpaired) electrons. The predicted octanol–water partition coefficient (Wildman–Crippen LogP) is 4.29. The molecule has 3 atom stereocenters. The van der Waals surface area contributed by atoms with Gasteiger partial charge in [0, 0.05) is 11.1 Å². The summed E-state index contributed by atoms with van der Waals surface area (Å²) < 4.78 is 27.4. The third-order valence-electron chi connectivity index (χ3n) is 5.51. The van der Waals surface area contributed by atoms with Crippen molar-refractivity contribution in [3.63, 3.8) is 0 Å². The van der Waals surface area contributed by atoms with E-state index in [-0.39, 0.29) is 24.6 Å². The van der Waals surface area contributed by atoms with E-state index in [1.54, 1.807) is 50.7 Å². The SMILES string of the molecule is CC(C)OC(=O)C(C)(C)NP(=O)(COC(C)Cn1cnc2c(N)ncnc21)N[C@H](C)c1ccc(Cl)cc1. The minimum atomic E-state index is -3.50. The monoisotopic (exact) mass is 551 g/mol. The fourth-order valence-electron chi connectivity index (χ4n) is 3.69. The fourth-order valence-corrected chi connectivity index (χ4v) is 6.26. The summed E-state index contributed by atoms with van der Waals surface area (Å²) in [5.41, 5.74) is 6.60. The number of hydrogen-bond acceptors (Lipinski definition) is 8. The normalized spacial score (nSPS) is 15.5. The molecule has 202 valence electrons. The topological polar surface area (TPSA) is 146 Å². The number of anilines is 1. The molecule has 0 aliphatic heterocycles. The Balaban J connectivity index is 1.77. The second kappa shape index (κ2) is 11.9. The zero-order chi connectivity index (χ0) is 27.4. The number of carbonyl (C=O) groups excluding carboxylic acids is 1. The van der Waals surface area contributed by atoms with Gasteiger partial charge in [0.2, 0.25) is 7.44 Å². The number of nitrogen functional groups attached to an aromatic ring is 1. The predicted molar refractivity (Wildman–Crippen MR) is 144 cm³/mol. The molecule has 1 aromatic carbocycles. The van der Waals surface area contributed by atoms with Gasteiger partial charge in [0.15, 0.2) is 11.5 Å². The number of imidazole rings is 1. The van der Waals surface area contributed by atoms with Crippen LogP contribution in [0.2, 0.25) is 5.02 Å². The van der Waals surface area contributed by atoms with Crippen LogP contribution in [0.15, 0.2) is 36.9 Å². The zero-order valence-electron chi connectivity index (χ0n) is 21.9. The van der Waals surface area contributed by atoms with Crippen LogP contribution in [-0.4, -0.2) is 49.6 Å². The number of carbonyl (C=O) groups is 1. The molecule has 0 aliphatic rings. The number of aromatic nitrogens is 4. The standard InChI is InChI=1S/C24H35ClN7O4P/c1-15(2)36-23(33)24(5,6)31-37(34,30-17(4)18-7-9-19(25)10-8-18)14-35-16(3)11-32-13-29-20-21(26)27-12-28-22(20)32/h7-10,12-13,15-17H,11,14H2,1-6H3,(H2,26,27,28)(H2,30,31,34)/t16?,17-,37?/m1/s1. The Morgan fingerprint density at radius 3 is 2.49 bits per heavy atom. The van der Waals surface area contributed by atoms with Crippen molar-refractivity contribution in [2.24, 2.45) is 0 Å². The van der Waals surface area contributed by atoms with Crippen LogP contribution < -0.4 is 15.9 Å². The van der Waals surface area contributed by atoms with Crippen molar-refractivity contribution in [3.05, 3.63) is 47.5 Å². The Morgan fingerprint density at radius 2 is 1.84 bits per heavy atom. The molecule has 2 heterocycles. The molecule has 3 aromatic rings. The molecule has 2 aromatic heterocycles. The number of rotatable bonds is 12. The highest BCUT2D eigenvalue weighted by atomic mass is 35.5. The minimum Gasteiger partial charge on any atom is -0.462 e. The van der Waals surface area contributed by atoms with Gasteiger partial charge >= 0.3 is 5.97 Å². The first-order valence-corrected chi connectivity index (χ1v) is 14.2. The lowest BCUT2D eigenvalue weighted by molar-refractivity contribution is -0.153. The minimum absolute atomic E-state index is 0.186. The summed E-state index contributed by atoms with van der Waals surface area (Å²) in [5.74, 6) is -0.221. The highest BCUT2D eigenvalue weighted by Crippen LogP contribution is 2.42. The molecule has 0 aliphatic carbocycles. The van der Waals surface area contributed by atoms with Gasteiger partial charge in [-0.3, -0.25) is 9.36 Å². The third-order valence-corrected chi connectivity index (χ3v) is 8.00. The van der Waals surface area contributed by atoms with Gasteiger partial charge in [0.25, 0.3) is 0 Å².